The van der Waals surface area contributed by atoms with Gasteiger partial charge in [0.1, 0.15) is 0 Å². The van der Waals surface area contributed by atoms with Gasteiger partial charge in [0.05, 0.1) is 6.54 Å². The van der Waals surface area contributed by atoms with Crippen molar-refractivity contribution in [3.05, 3.63) is 71.3 Å². The number of Topliss-reactive ketones (excluding diaryl/α,β-unsaturated/α-hetero) is 1. The van der Waals surface area contributed by atoms with E-state index >= 15 is 0 Å². The summed E-state index contributed by atoms with van der Waals surface area (Å²) < 4.78 is 0. The SMILES string of the molecule is NCC(=O)c1ccc(CCc2ccccc2)cc1. The van der Waals surface area contributed by atoms with Crippen molar-refractivity contribution in [3.8, 4) is 0 Å². The normalized spacial score (nSPS) is 10.3. The zero-order chi connectivity index (χ0) is 12.8. The summed E-state index contributed by atoms with van der Waals surface area (Å²) in [7, 11) is 0. The third kappa shape index (κ3) is 3.28. The lowest BCUT2D eigenvalue weighted by Gasteiger charge is -2.03. The fourth-order valence-corrected chi connectivity index (χ4v) is 1.91. The van der Waals surface area contributed by atoms with Gasteiger partial charge in [-0.05, 0) is 24.0 Å². The second-order valence-corrected chi connectivity index (χ2v) is 4.31. The third-order valence-corrected chi connectivity index (χ3v) is 3.01. The molecule has 0 saturated heterocycles. The van der Waals surface area contributed by atoms with Crippen LogP contribution < -0.4 is 5.73 Å². The van der Waals surface area contributed by atoms with Crippen LogP contribution in [0.4, 0.5) is 0 Å². The van der Waals surface area contributed by atoms with E-state index in [0.29, 0.717) is 5.56 Å². The number of ketones is 1. The summed E-state index contributed by atoms with van der Waals surface area (Å²) >= 11 is 0. The summed E-state index contributed by atoms with van der Waals surface area (Å²) in [5.74, 6) is -0.00962. The van der Waals surface area contributed by atoms with Crippen molar-refractivity contribution in [2.75, 3.05) is 6.54 Å². The van der Waals surface area contributed by atoms with E-state index in [2.05, 4.69) is 24.3 Å². The molecule has 92 valence electrons. The van der Waals surface area contributed by atoms with Crippen LogP contribution in [-0.4, -0.2) is 12.3 Å². The molecule has 0 amide bonds. The largest absolute Gasteiger partial charge is 0.324 e. The zero-order valence-corrected chi connectivity index (χ0v) is 10.3. The molecule has 2 rings (SSSR count). The second kappa shape index (κ2) is 6.12. The lowest BCUT2D eigenvalue weighted by molar-refractivity contribution is 0.100. The molecule has 0 radical (unpaired) electrons. The summed E-state index contributed by atoms with van der Waals surface area (Å²) in [5, 5.41) is 0. The lowest BCUT2D eigenvalue weighted by atomic mass is 10.0. The van der Waals surface area contributed by atoms with Crippen molar-refractivity contribution < 1.29 is 4.79 Å². The van der Waals surface area contributed by atoms with E-state index < -0.39 is 0 Å². The maximum Gasteiger partial charge on any atom is 0.176 e. The maximum atomic E-state index is 11.4. The molecule has 0 bridgehead atoms. The van der Waals surface area contributed by atoms with E-state index in [1.165, 1.54) is 11.1 Å². The van der Waals surface area contributed by atoms with E-state index in [0.717, 1.165) is 12.8 Å². The Labute approximate surface area is 107 Å². The molecule has 0 atom stereocenters. The minimum Gasteiger partial charge on any atom is -0.324 e. The Bertz CT molecular complexity index is 502. The first-order valence-electron chi connectivity index (χ1n) is 6.16. The van der Waals surface area contributed by atoms with Crippen LogP contribution in [0.2, 0.25) is 0 Å². The number of nitrogens with two attached hydrogens (primary N) is 1. The second-order valence-electron chi connectivity index (χ2n) is 4.31. The Balaban J connectivity index is 1.97. The van der Waals surface area contributed by atoms with E-state index in [1.54, 1.807) is 0 Å². The van der Waals surface area contributed by atoms with Crippen molar-refractivity contribution in [2.45, 2.75) is 12.8 Å². The van der Waals surface area contributed by atoms with Crippen LogP contribution >= 0.6 is 0 Å². The summed E-state index contributed by atoms with van der Waals surface area (Å²) in [6.45, 7) is 0.0728. The fourth-order valence-electron chi connectivity index (χ4n) is 1.91. The zero-order valence-electron chi connectivity index (χ0n) is 10.3. The molecule has 0 fully saturated rings. The van der Waals surface area contributed by atoms with E-state index in [1.807, 2.05) is 30.3 Å². The van der Waals surface area contributed by atoms with Gasteiger partial charge < -0.3 is 5.73 Å². The minimum absolute atomic E-state index is 0.00962. The number of carbonyl (C=O) groups excluding carboxylic acids is 1. The molecule has 0 spiro atoms. The molecule has 0 saturated carbocycles. The molecule has 2 N–H and O–H groups in total. The first kappa shape index (κ1) is 12.5. The fraction of sp³-hybridized carbons (Fsp3) is 0.188. The molecule has 2 heteroatoms. The summed E-state index contributed by atoms with van der Waals surface area (Å²) in [6, 6.07) is 18.1. The van der Waals surface area contributed by atoms with Gasteiger partial charge in [-0.15, -0.1) is 0 Å². The van der Waals surface area contributed by atoms with Gasteiger partial charge in [0.2, 0.25) is 0 Å². The summed E-state index contributed by atoms with van der Waals surface area (Å²) in [5.41, 5.74) is 8.60. The monoisotopic (exact) mass is 239 g/mol. The highest BCUT2D eigenvalue weighted by Gasteiger charge is 2.02. The van der Waals surface area contributed by atoms with E-state index in [9.17, 15) is 4.79 Å². The van der Waals surface area contributed by atoms with Crippen molar-refractivity contribution in [2.24, 2.45) is 5.73 Å². The van der Waals surface area contributed by atoms with E-state index in [4.69, 9.17) is 5.73 Å². The van der Waals surface area contributed by atoms with Gasteiger partial charge in [0, 0.05) is 5.56 Å². The molecule has 2 aromatic carbocycles. The molecule has 0 aromatic heterocycles. The van der Waals surface area contributed by atoms with Crippen LogP contribution in [0.5, 0.6) is 0 Å². The van der Waals surface area contributed by atoms with Crippen LogP contribution in [0.1, 0.15) is 21.5 Å². The Morgan fingerprint density at radius 1 is 0.833 bits per heavy atom. The quantitative estimate of drug-likeness (QED) is 0.815. The van der Waals surface area contributed by atoms with Crippen molar-refractivity contribution >= 4 is 5.78 Å². The maximum absolute atomic E-state index is 11.4. The van der Waals surface area contributed by atoms with Crippen LogP contribution in [0.15, 0.2) is 54.6 Å². The van der Waals surface area contributed by atoms with Gasteiger partial charge in [-0.3, -0.25) is 4.79 Å². The molecular weight excluding hydrogens is 222 g/mol. The predicted molar refractivity (Wildman–Crippen MR) is 73.7 cm³/mol. The van der Waals surface area contributed by atoms with Crippen molar-refractivity contribution in [1.29, 1.82) is 0 Å². The highest BCUT2D eigenvalue weighted by molar-refractivity contribution is 5.97. The number of hydrogen-bond acceptors (Lipinski definition) is 2. The number of benzene rings is 2. The van der Waals surface area contributed by atoms with Crippen molar-refractivity contribution in [1.82, 2.24) is 0 Å². The number of hydrogen-bond donors (Lipinski definition) is 1. The molecule has 2 aromatic rings. The number of carbonyl (C=O) groups is 1. The molecule has 2 nitrogen and oxygen atoms in total. The summed E-state index contributed by atoms with van der Waals surface area (Å²) in [4.78, 5) is 11.4. The Hall–Kier alpha value is -1.93. The first-order chi connectivity index (χ1) is 8.79. The molecule has 0 unspecified atom stereocenters. The van der Waals surface area contributed by atoms with Gasteiger partial charge in [0.25, 0.3) is 0 Å². The van der Waals surface area contributed by atoms with E-state index in [-0.39, 0.29) is 12.3 Å². The summed E-state index contributed by atoms with van der Waals surface area (Å²) in [6.07, 6.45) is 2.01. The standard InChI is InChI=1S/C16H17NO/c17-12-16(18)15-10-8-14(9-11-15)7-6-13-4-2-1-3-5-13/h1-5,8-11H,6-7,12,17H2. The number of aryl methyl sites for hydroxylation is 2. The molecule has 0 heterocycles. The molecule has 0 aliphatic carbocycles. The smallest absolute Gasteiger partial charge is 0.176 e. The average molecular weight is 239 g/mol. The third-order valence-electron chi connectivity index (χ3n) is 3.01. The van der Waals surface area contributed by atoms with Gasteiger partial charge in [0.15, 0.2) is 5.78 Å². The first-order valence-corrected chi connectivity index (χ1v) is 6.16. The Kier molecular flexibility index (Phi) is 4.26. The molecule has 18 heavy (non-hydrogen) atoms. The molecular formula is C16H17NO. The van der Waals surface area contributed by atoms with Crippen LogP contribution in [-0.2, 0) is 12.8 Å². The number of rotatable bonds is 5. The molecule has 0 aliphatic rings. The van der Waals surface area contributed by atoms with Gasteiger partial charge in [-0.2, -0.15) is 0 Å². The highest BCUT2D eigenvalue weighted by Crippen LogP contribution is 2.09. The van der Waals surface area contributed by atoms with Gasteiger partial charge in [-0.1, -0.05) is 54.6 Å². The van der Waals surface area contributed by atoms with Gasteiger partial charge >= 0.3 is 0 Å². The molecule has 0 aliphatic heterocycles. The van der Waals surface area contributed by atoms with Crippen LogP contribution in [0.3, 0.4) is 0 Å². The average Bonchev–Trinajstić information content (AvgIpc) is 2.46. The predicted octanol–water partition coefficient (Wildman–Crippen LogP) is 2.61. The van der Waals surface area contributed by atoms with Gasteiger partial charge in [-0.25, -0.2) is 0 Å². The lowest BCUT2D eigenvalue weighted by Crippen LogP contribution is -2.13. The van der Waals surface area contributed by atoms with Crippen molar-refractivity contribution in [3.63, 3.8) is 0 Å². The minimum atomic E-state index is -0.00962. The van der Waals surface area contributed by atoms with Crippen LogP contribution in [0, 0.1) is 0 Å². The Morgan fingerprint density at radius 2 is 1.39 bits per heavy atom. The Morgan fingerprint density at radius 3 is 1.94 bits per heavy atom. The topological polar surface area (TPSA) is 43.1 Å². The highest BCUT2D eigenvalue weighted by atomic mass is 16.1. The van der Waals surface area contributed by atoms with Crippen LogP contribution in [0.25, 0.3) is 0 Å².